The number of benzene rings is 1. The molecule has 1 aromatic carbocycles. The fourth-order valence-electron chi connectivity index (χ4n) is 1.42. The zero-order chi connectivity index (χ0) is 13.8. The monoisotopic (exact) mass is 276 g/mol. The summed E-state index contributed by atoms with van der Waals surface area (Å²) in [4.78, 5) is 18.4. The maximum absolute atomic E-state index is 13.0. The molecule has 19 heavy (non-hydrogen) atoms. The maximum atomic E-state index is 13.0. The number of anilines is 2. The van der Waals surface area contributed by atoms with Gasteiger partial charge in [0.15, 0.2) is 6.29 Å². The highest BCUT2D eigenvalue weighted by Crippen LogP contribution is 2.24. The number of hydrogen-bond donors (Lipinski definition) is 1. The van der Waals surface area contributed by atoms with E-state index < -0.39 is 5.82 Å². The molecule has 94 valence electrons. The number of nitrogens with one attached hydrogen (secondary N) is 1. The van der Waals surface area contributed by atoms with E-state index in [1.165, 1.54) is 18.5 Å². The van der Waals surface area contributed by atoms with E-state index in [0.29, 0.717) is 12.0 Å². The summed E-state index contributed by atoms with van der Waals surface area (Å²) in [5.74, 6) is -0.378. The molecule has 0 fully saturated rings. The molecule has 0 radical (unpaired) electrons. The first-order valence-corrected chi connectivity index (χ1v) is 5.46. The van der Waals surface area contributed by atoms with Gasteiger partial charge >= 0.3 is 0 Å². The van der Waals surface area contributed by atoms with Crippen molar-refractivity contribution in [3.63, 3.8) is 0 Å². The van der Waals surface area contributed by atoms with Gasteiger partial charge in [-0.3, -0.25) is 4.79 Å². The third kappa shape index (κ3) is 2.67. The van der Waals surface area contributed by atoms with Gasteiger partial charge in [0.25, 0.3) is 0 Å². The second kappa shape index (κ2) is 5.42. The molecule has 7 heteroatoms. The molecule has 1 heterocycles. The van der Waals surface area contributed by atoms with E-state index in [0.717, 1.165) is 6.07 Å². The lowest BCUT2D eigenvalue weighted by Gasteiger charge is -2.09. The van der Waals surface area contributed by atoms with Crippen LogP contribution in [0, 0.1) is 17.1 Å². The Kier molecular flexibility index (Phi) is 3.68. The zero-order valence-electron chi connectivity index (χ0n) is 9.39. The van der Waals surface area contributed by atoms with Gasteiger partial charge in [0.2, 0.25) is 0 Å². The molecule has 0 amide bonds. The molecule has 5 nitrogen and oxygen atoms in total. The van der Waals surface area contributed by atoms with Crippen molar-refractivity contribution in [2.45, 2.75) is 0 Å². The van der Waals surface area contributed by atoms with Crippen LogP contribution in [0.3, 0.4) is 0 Å². The van der Waals surface area contributed by atoms with Gasteiger partial charge in [-0.25, -0.2) is 14.4 Å². The Morgan fingerprint density at radius 1 is 1.42 bits per heavy atom. The standard InChI is InChI=1S/C12H6ClFN4O/c13-11-9(5-19)12(17-6-16-11)18-10-2-1-8(14)3-7(10)4-15/h1-3,5-6H,(H,16,17,18). The number of aldehydes is 1. The quantitative estimate of drug-likeness (QED) is 0.689. The second-order valence-corrected chi connectivity index (χ2v) is 3.83. The van der Waals surface area contributed by atoms with E-state index in [2.05, 4.69) is 15.3 Å². The summed E-state index contributed by atoms with van der Waals surface area (Å²) in [6, 6.07) is 5.48. The number of hydrogen-bond acceptors (Lipinski definition) is 5. The lowest BCUT2D eigenvalue weighted by atomic mass is 10.2. The summed E-state index contributed by atoms with van der Waals surface area (Å²) < 4.78 is 13.0. The SMILES string of the molecule is N#Cc1cc(F)ccc1Nc1ncnc(Cl)c1C=O. The molecular weight excluding hydrogens is 271 g/mol. The molecule has 0 atom stereocenters. The molecule has 0 aliphatic carbocycles. The number of rotatable bonds is 3. The first-order valence-electron chi connectivity index (χ1n) is 5.08. The van der Waals surface area contributed by atoms with Crippen molar-refractivity contribution < 1.29 is 9.18 Å². The van der Waals surface area contributed by atoms with Gasteiger partial charge in [-0.1, -0.05) is 11.6 Å². The summed E-state index contributed by atoms with van der Waals surface area (Å²) in [5, 5.41) is 11.7. The van der Waals surface area contributed by atoms with E-state index in [1.807, 2.05) is 6.07 Å². The van der Waals surface area contributed by atoms with Crippen LogP contribution in [-0.4, -0.2) is 16.3 Å². The second-order valence-electron chi connectivity index (χ2n) is 3.47. The predicted molar refractivity (Wildman–Crippen MR) is 66.8 cm³/mol. The minimum atomic E-state index is -0.529. The van der Waals surface area contributed by atoms with Gasteiger partial charge in [-0.15, -0.1) is 0 Å². The number of nitrogens with zero attached hydrogens (tertiary/aromatic N) is 3. The fraction of sp³-hybridized carbons (Fsp3) is 0. The van der Waals surface area contributed by atoms with Crippen LogP contribution in [-0.2, 0) is 0 Å². The highest BCUT2D eigenvalue weighted by atomic mass is 35.5. The smallest absolute Gasteiger partial charge is 0.156 e. The van der Waals surface area contributed by atoms with Crippen LogP contribution < -0.4 is 5.32 Å². The molecule has 0 unspecified atom stereocenters. The van der Waals surface area contributed by atoms with Crippen molar-refractivity contribution in [3.8, 4) is 6.07 Å². The van der Waals surface area contributed by atoms with Crippen LogP contribution in [0.4, 0.5) is 15.9 Å². The third-order valence-corrected chi connectivity index (χ3v) is 2.61. The van der Waals surface area contributed by atoms with Crippen LogP contribution in [0.1, 0.15) is 15.9 Å². The molecule has 1 aromatic heterocycles. The minimum absolute atomic E-state index is 0.00637. The van der Waals surface area contributed by atoms with Crippen molar-refractivity contribution in [2.24, 2.45) is 0 Å². The predicted octanol–water partition coefficient (Wildman–Crippen LogP) is 2.70. The number of halogens is 2. The summed E-state index contributed by atoms with van der Waals surface area (Å²) in [6.45, 7) is 0. The Morgan fingerprint density at radius 3 is 2.89 bits per heavy atom. The molecule has 2 aromatic rings. The van der Waals surface area contributed by atoms with E-state index >= 15 is 0 Å². The normalized spacial score (nSPS) is 9.74. The molecule has 0 saturated carbocycles. The Morgan fingerprint density at radius 2 is 2.21 bits per heavy atom. The number of carbonyl (C=O) groups excluding carboxylic acids is 1. The molecule has 0 aliphatic rings. The molecule has 0 spiro atoms. The summed E-state index contributed by atoms with van der Waals surface area (Å²) in [6.07, 6.45) is 1.67. The molecule has 0 bridgehead atoms. The van der Waals surface area contributed by atoms with Crippen LogP contribution in [0.5, 0.6) is 0 Å². The average Bonchev–Trinajstić information content (AvgIpc) is 2.41. The van der Waals surface area contributed by atoms with Crippen LogP contribution >= 0.6 is 11.6 Å². The zero-order valence-corrected chi connectivity index (χ0v) is 10.1. The van der Waals surface area contributed by atoms with Gasteiger partial charge in [-0.2, -0.15) is 5.26 Å². The molecule has 2 rings (SSSR count). The van der Waals surface area contributed by atoms with Gasteiger partial charge in [-0.05, 0) is 18.2 Å². The van der Waals surface area contributed by atoms with Gasteiger partial charge < -0.3 is 5.32 Å². The Labute approximate surface area is 112 Å². The Balaban J connectivity index is 2.45. The largest absolute Gasteiger partial charge is 0.338 e. The highest BCUT2D eigenvalue weighted by molar-refractivity contribution is 6.32. The van der Waals surface area contributed by atoms with Crippen molar-refractivity contribution in [3.05, 3.63) is 46.6 Å². The number of nitriles is 1. The Bertz CT molecular complexity index is 684. The van der Waals surface area contributed by atoms with Gasteiger partial charge in [0.05, 0.1) is 16.8 Å². The molecule has 1 N–H and O–H groups in total. The lowest BCUT2D eigenvalue weighted by molar-refractivity contribution is 0.112. The van der Waals surface area contributed by atoms with Crippen LogP contribution in [0.2, 0.25) is 5.15 Å². The number of carbonyl (C=O) groups is 1. The first-order chi connectivity index (χ1) is 9.15. The van der Waals surface area contributed by atoms with E-state index in [9.17, 15) is 9.18 Å². The summed E-state index contributed by atoms with van der Waals surface area (Å²) in [7, 11) is 0. The van der Waals surface area contributed by atoms with Gasteiger partial charge in [0.1, 0.15) is 29.2 Å². The molecule has 0 saturated heterocycles. The third-order valence-electron chi connectivity index (χ3n) is 2.31. The van der Waals surface area contributed by atoms with Crippen LogP contribution in [0.25, 0.3) is 0 Å². The van der Waals surface area contributed by atoms with E-state index in [4.69, 9.17) is 16.9 Å². The minimum Gasteiger partial charge on any atom is -0.338 e. The van der Waals surface area contributed by atoms with Crippen molar-refractivity contribution in [2.75, 3.05) is 5.32 Å². The topological polar surface area (TPSA) is 78.7 Å². The van der Waals surface area contributed by atoms with Crippen molar-refractivity contribution in [1.82, 2.24) is 9.97 Å². The lowest BCUT2D eigenvalue weighted by Crippen LogP contribution is -2.02. The van der Waals surface area contributed by atoms with Crippen molar-refractivity contribution >= 4 is 29.4 Å². The molecule has 0 aliphatic heterocycles. The number of aromatic nitrogens is 2. The fourth-order valence-corrected chi connectivity index (χ4v) is 1.60. The average molecular weight is 277 g/mol. The van der Waals surface area contributed by atoms with E-state index in [-0.39, 0.29) is 22.1 Å². The van der Waals surface area contributed by atoms with Gasteiger partial charge in [0, 0.05) is 0 Å². The summed E-state index contributed by atoms with van der Waals surface area (Å²) >= 11 is 5.75. The molecular formula is C12H6ClFN4O. The van der Waals surface area contributed by atoms with E-state index in [1.54, 1.807) is 0 Å². The van der Waals surface area contributed by atoms with Crippen molar-refractivity contribution in [1.29, 1.82) is 5.26 Å². The highest BCUT2D eigenvalue weighted by Gasteiger charge is 2.11. The first kappa shape index (κ1) is 12.9. The maximum Gasteiger partial charge on any atom is 0.156 e. The van der Waals surface area contributed by atoms with Crippen LogP contribution in [0.15, 0.2) is 24.5 Å². The summed E-state index contributed by atoms with van der Waals surface area (Å²) in [5.41, 5.74) is 0.478. The Hall–Kier alpha value is -2.52.